The first kappa shape index (κ1) is 6.23. The predicted molar refractivity (Wildman–Crippen MR) is 34.1 cm³/mol. The van der Waals surface area contributed by atoms with Crippen LogP contribution in [0, 0.1) is 0 Å². The van der Waals surface area contributed by atoms with E-state index in [1.165, 1.54) is 6.08 Å². The average Bonchev–Trinajstić information content (AvgIpc) is 1.90. The molecule has 2 heteroatoms. The van der Waals surface area contributed by atoms with E-state index in [9.17, 15) is 4.79 Å². The molecule has 0 aromatic carbocycles. The lowest BCUT2D eigenvalue weighted by atomic mass is 10.2. The second-order valence-electron chi connectivity index (χ2n) is 1.84. The standard InChI is InChI=1S/C7H8O2/c1-2-7-4-3-6(8)5-9-7/h2-4,7H,1,5H2/t7-/m1/s1. The Morgan fingerprint density at radius 1 is 1.89 bits per heavy atom. The molecule has 0 unspecified atom stereocenters. The Balaban J connectivity index is 2.57. The first-order valence-electron chi connectivity index (χ1n) is 2.78. The fourth-order valence-corrected chi connectivity index (χ4v) is 0.631. The molecule has 0 aliphatic carbocycles. The van der Waals surface area contributed by atoms with Gasteiger partial charge in [0.1, 0.15) is 6.61 Å². The van der Waals surface area contributed by atoms with Gasteiger partial charge in [0.15, 0.2) is 5.78 Å². The van der Waals surface area contributed by atoms with Crippen LogP contribution in [-0.4, -0.2) is 18.5 Å². The lowest BCUT2D eigenvalue weighted by molar-refractivity contribution is -0.120. The van der Waals surface area contributed by atoms with E-state index in [0.717, 1.165) is 0 Å². The minimum atomic E-state index is -0.0669. The van der Waals surface area contributed by atoms with E-state index >= 15 is 0 Å². The molecule has 1 aliphatic heterocycles. The minimum absolute atomic E-state index is 0.0214. The summed E-state index contributed by atoms with van der Waals surface area (Å²) in [5, 5.41) is 0. The summed E-state index contributed by atoms with van der Waals surface area (Å²) < 4.78 is 4.98. The quantitative estimate of drug-likeness (QED) is 0.481. The Bertz CT molecular complexity index is 158. The molecule has 0 bridgehead atoms. The molecule has 0 radical (unpaired) electrons. The van der Waals surface area contributed by atoms with Crippen molar-refractivity contribution in [2.24, 2.45) is 0 Å². The zero-order chi connectivity index (χ0) is 6.69. The van der Waals surface area contributed by atoms with Gasteiger partial charge in [-0.15, -0.1) is 6.58 Å². The maximum atomic E-state index is 10.5. The van der Waals surface area contributed by atoms with Crippen molar-refractivity contribution in [2.45, 2.75) is 6.10 Å². The van der Waals surface area contributed by atoms with Gasteiger partial charge in [-0.25, -0.2) is 0 Å². The first-order valence-corrected chi connectivity index (χ1v) is 2.78. The molecule has 0 aromatic rings. The van der Waals surface area contributed by atoms with E-state index < -0.39 is 0 Å². The molecule has 0 amide bonds. The molecule has 0 aromatic heterocycles. The lowest BCUT2D eigenvalue weighted by Gasteiger charge is -2.11. The topological polar surface area (TPSA) is 26.3 Å². The largest absolute Gasteiger partial charge is 0.362 e. The van der Waals surface area contributed by atoms with Gasteiger partial charge in [0.2, 0.25) is 0 Å². The van der Waals surface area contributed by atoms with Crippen LogP contribution in [0.2, 0.25) is 0 Å². The third-order valence-corrected chi connectivity index (χ3v) is 1.12. The van der Waals surface area contributed by atoms with Crippen LogP contribution in [0.25, 0.3) is 0 Å². The maximum Gasteiger partial charge on any atom is 0.181 e. The molecular formula is C7H8O2. The van der Waals surface area contributed by atoms with Crippen LogP contribution in [0.1, 0.15) is 0 Å². The smallest absolute Gasteiger partial charge is 0.181 e. The Kier molecular flexibility index (Phi) is 1.80. The molecular weight excluding hydrogens is 116 g/mol. The number of ketones is 1. The van der Waals surface area contributed by atoms with E-state index in [1.54, 1.807) is 12.2 Å². The molecule has 0 N–H and O–H groups in total. The molecule has 0 spiro atoms. The van der Waals surface area contributed by atoms with Crippen molar-refractivity contribution in [1.82, 2.24) is 0 Å². The molecule has 2 nitrogen and oxygen atoms in total. The third kappa shape index (κ3) is 1.50. The average molecular weight is 124 g/mol. The summed E-state index contributed by atoms with van der Waals surface area (Å²) in [7, 11) is 0. The molecule has 1 atom stereocenters. The number of rotatable bonds is 1. The molecule has 1 rings (SSSR count). The highest BCUT2D eigenvalue weighted by molar-refractivity contribution is 5.91. The molecule has 9 heavy (non-hydrogen) atoms. The van der Waals surface area contributed by atoms with Crippen LogP contribution in [0.3, 0.4) is 0 Å². The Morgan fingerprint density at radius 2 is 2.67 bits per heavy atom. The van der Waals surface area contributed by atoms with Crippen molar-refractivity contribution < 1.29 is 9.53 Å². The summed E-state index contributed by atoms with van der Waals surface area (Å²) in [5.74, 6) is 0.0214. The predicted octanol–water partition coefficient (Wildman–Crippen LogP) is 0.697. The van der Waals surface area contributed by atoms with Gasteiger partial charge in [-0.3, -0.25) is 4.79 Å². The van der Waals surface area contributed by atoms with Crippen LogP contribution < -0.4 is 0 Å². The van der Waals surface area contributed by atoms with Gasteiger partial charge in [-0.1, -0.05) is 6.08 Å². The second-order valence-corrected chi connectivity index (χ2v) is 1.84. The number of ether oxygens (including phenoxy) is 1. The monoisotopic (exact) mass is 124 g/mol. The van der Waals surface area contributed by atoms with Crippen LogP contribution >= 0.6 is 0 Å². The van der Waals surface area contributed by atoms with Crippen molar-refractivity contribution in [3.05, 3.63) is 24.8 Å². The van der Waals surface area contributed by atoms with Gasteiger partial charge < -0.3 is 4.74 Å². The minimum Gasteiger partial charge on any atom is -0.362 e. The zero-order valence-electron chi connectivity index (χ0n) is 5.04. The summed E-state index contributed by atoms with van der Waals surface area (Å²) >= 11 is 0. The van der Waals surface area contributed by atoms with E-state index in [2.05, 4.69) is 6.58 Å². The first-order chi connectivity index (χ1) is 4.33. The van der Waals surface area contributed by atoms with Crippen molar-refractivity contribution >= 4 is 5.78 Å². The highest BCUT2D eigenvalue weighted by Gasteiger charge is 2.08. The summed E-state index contributed by atoms with van der Waals surface area (Å²) in [5.41, 5.74) is 0. The van der Waals surface area contributed by atoms with E-state index in [0.29, 0.717) is 0 Å². The third-order valence-electron chi connectivity index (χ3n) is 1.12. The van der Waals surface area contributed by atoms with Gasteiger partial charge in [0, 0.05) is 0 Å². The van der Waals surface area contributed by atoms with Crippen molar-refractivity contribution in [3.63, 3.8) is 0 Å². The highest BCUT2D eigenvalue weighted by Crippen LogP contribution is 2.01. The van der Waals surface area contributed by atoms with Crippen molar-refractivity contribution in [2.75, 3.05) is 6.61 Å². The maximum absolute atomic E-state index is 10.5. The number of carbonyl (C=O) groups is 1. The Morgan fingerprint density at radius 3 is 3.11 bits per heavy atom. The van der Waals surface area contributed by atoms with Crippen LogP contribution in [-0.2, 0) is 9.53 Å². The van der Waals surface area contributed by atoms with Gasteiger partial charge >= 0.3 is 0 Å². The fourth-order valence-electron chi connectivity index (χ4n) is 0.631. The van der Waals surface area contributed by atoms with Crippen LogP contribution in [0.5, 0.6) is 0 Å². The Labute approximate surface area is 53.8 Å². The van der Waals surface area contributed by atoms with Gasteiger partial charge in [0.05, 0.1) is 6.10 Å². The van der Waals surface area contributed by atoms with Crippen molar-refractivity contribution in [3.8, 4) is 0 Å². The van der Waals surface area contributed by atoms with E-state index in [4.69, 9.17) is 4.74 Å². The van der Waals surface area contributed by atoms with E-state index in [1.807, 2.05) is 0 Å². The van der Waals surface area contributed by atoms with Gasteiger partial charge in [-0.2, -0.15) is 0 Å². The second kappa shape index (κ2) is 2.60. The van der Waals surface area contributed by atoms with Crippen LogP contribution in [0.15, 0.2) is 24.8 Å². The SMILES string of the molecule is C=C[C@@H]1C=CC(=O)CO1. The molecule has 0 saturated carbocycles. The number of hydrogen-bond donors (Lipinski definition) is 0. The van der Waals surface area contributed by atoms with E-state index in [-0.39, 0.29) is 18.5 Å². The fraction of sp³-hybridized carbons (Fsp3) is 0.286. The van der Waals surface area contributed by atoms with Crippen LogP contribution in [0.4, 0.5) is 0 Å². The number of carbonyl (C=O) groups excluding carboxylic acids is 1. The normalized spacial score (nSPS) is 26.2. The Hall–Kier alpha value is -0.890. The van der Waals surface area contributed by atoms with Gasteiger partial charge in [0.25, 0.3) is 0 Å². The zero-order valence-corrected chi connectivity index (χ0v) is 5.04. The molecule has 0 saturated heterocycles. The summed E-state index contributed by atoms with van der Waals surface area (Å²) in [6.07, 6.45) is 4.81. The lowest BCUT2D eigenvalue weighted by Crippen LogP contribution is -2.18. The summed E-state index contributed by atoms with van der Waals surface area (Å²) in [6.45, 7) is 3.71. The molecule has 1 aliphatic rings. The van der Waals surface area contributed by atoms with Gasteiger partial charge in [-0.05, 0) is 12.2 Å². The molecule has 48 valence electrons. The molecule has 1 heterocycles. The highest BCUT2D eigenvalue weighted by atomic mass is 16.5. The number of hydrogen-bond acceptors (Lipinski definition) is 2. The van der Waals surface area contributed by atoms with Crippen molar-refractivity contribution in [1.29, 1.82) is 0 Å². The summed E-state index contributed by atoms with van der Waals surface area (Å²) in [4.78, 5) is 10.5. The molecule has 0 fully saturated rings. The summed E-state index contributed by atoms with van der Waals surface area (Å²) in [6, 6.07) is 0.